The molecule has 0 aromatic heterocycles. The average molecular weight is 481 g/mol. The number of ether oxygens (including phenoxy) is 4. The van der Waals surface area contributed by atoms with Gasteiger partial charge in [0.15, 0.2) is 0 Å². The highest BCUT2D eigenvalue weighted by atomic mass is 79.9. The van der Waals surface area contributed by atoms with Gasteiger partial charge < -0.3 is 18.9 Å². The van der Waals surface area contributed by atoms with E-state index < -0.39 is 0 Å². The number of fused-ring (bicyclic) bond motifs is 1. The first kappa shape index (κ1) is 22.7. The van der Waals surface area contributed by atoms with Crippen LogP contribution < -0.4 is 0 Å². The van der Waals surface area contributed by atoms with Crippen LogP contribution in [0.3, 0.4) is 0 Å². The summed E-state index contributed by atoms with van der Waals surface area (Å²) < 4.78 is 25.8. The largest absolute Gasteiger partial charge is 0.374 e. The minimum atomic E-state index is -0.231. The molecule has 3 fully saturated rings. The number of hydrogen-bond donors (Lipinski definition) is 0. The van der Waals surface area contributed by atoms with Crippen molar-refractivity contribution in [2.75, 3.05) is 6.61 Å². The second-order valence-electron chi connectivity index (χ2n) is 10.3. The van der Waals surface area contributed by atoms with Gasteiger partial charge in [-0.1, -0.05) is 46.3 Å². The molecule has 0 aliphatic carbocycles. The predicted molar refractivity (Wildman–Crippen MR) is 122 cm³/mol. The van der Waals surface area contributed by atoms with Crippen molar-refractivity contribution in [3.63, 3.8) is 0 Å². The minimum Gasteiger partial charge on any atom is -0.374 e. The van der Waals surface area contributed by atoms with Crippen LogP contribution in [0.5, 0.6) is 0 Å². The molecule has 3 heterocycles. The molecule has 0 radical (unpaired) electrons. The van der Waals surface area contributed by atoms with Gasteiger partial charge in [0.25, 0.3) is 0 Å². The van der Waals surface area contributed by atoms with Crippen molar-refractivity contribution in [3.8, 4) is 0 Å². The van der Waals surface area contributed by atoms with Crippen LogP contribution >= 0.6 is 15.9 Å². The number of benzene rings is 1. The van der Waals surface area contributed by atoms with Gasteiger partial charge in [-0.15, -0.1) is 0 Å². The molecule has 0 amide bonds. The molecule has 3 aliphatic heterocycles. The van der Waals surface area contributed by atoms with E-state index in [4.69, 9.17) is 18.9 Å². The molecule has 6 atom stereocenters. The molecular weight excluding hydrogens is 444 g/mol. The first-order valence-electron chi connectivity index (χ1n) is 11.5. The topological polar surface area (TPSA) is 36.9 Å². The molecular formula is C25H37BrO4. The highest BCUT2D eigenvalue weighted by Gasteiger charge is 2.53. The number of hydrogen-bond acceptors (Lipinski definition) is 4. The van der Waals surface area contributed by atoms with E-state index in [1.807, 2.05) is 18.2 Å². The Morgan fingerprint density at radius 1 is 0.933 bits per heavy atom. The summed E-state index contributed by atoms with van der Waals surface area (Å²) in [4.78, 5) is 0.390. The van der Waals surface area contributed by atoms with E-state index >= 15 is 0 Å². The summed E-state index contributed by atoms with van der Waals surface area (Å²) in [6.45, 7) is 10.1. The number of halogens is 1. The van der Waals surface area contributed by atoms with Crippen LogP contribution in [-0.4, -0.2) is 46.5 Å². The Hall–Kier alpha value is -0.460. The van der Waals surface area contributed by atoms with Crippen molar-refractivity contribution in [1.29, 1.82) is 0 Å². The van der Waals surface area contributed by atoms with E-state index in [1.54, 1.807) is 0 Å². The standard InChI is InChI=1S/C25H37BrO4/c1-23(2)20(26)12-14-25(4,30-23)22-13-15-24(3)21(28-22)11-10-19(29-24)17-27-16-18-8-6-5-7-9-18/h5-9,19-22H,10-17H2,1-4H3/t19-,20-,21+,22+,24+,25+/m1/s1. The normalized spacial score (nSPS) is 41.2. The lowest BCUT2D eigenvalue weighted by Gasteiger charge is -2.55. The van der Waals surface area contributed by atoms with Crippen LogP contribution in [0.1, 0.15) is 71.8 Å². The summed E-state index contributed by atoms with van der Waals surface area (Å²) in [5, 5.41) is 0. The van der Waals surface area contributed by atoms with Crippen LogP contribution in [-0.2, 0) is 25.6 Å². The third kappa shape index (κ3) is 4.80. The molecule has 3 aliphatic rings. The Kier molecular flexibility index (Phi) is 6.68. The Balaban J connectivity index is 1.31. The third-order valence-electron chi connectivity index (χ3n) is 7.34. The van der Waals surface area contributed by atoms with Gasteiger partial charge >= 0.3 is 0 Å². The van der Waals surface area contributed by atoms with Crippen molar-refractivity contribution in [2.45, 2.75) is 113 Å². The van der Waals surface area contributed by atoms with Gasteiger partial charge in [0.1, 0.15) is 0 Å². The lowest BCUT2D eigenvalue weighted by Crippen LogP contribution is -2.62. The van der Waals surface area contributed by atoms with Crippen LogP contribution in [0, 0.1) is 0 Å². The molecule has 3 saturated heterocycles. The van der Waals surface area contributed by atoms with Gasteiger partial charge in [0.05, 0.1) is 48.3 Å². The molecule has 1 aromatic rings. The molecule has 168 valence electrons. The fraction of sp³-hybridized carbons (Fsp3) is 0.760. The first-order valence-corrected chi connectivity index (χ1v) is 12.4. The average Bonchev–Trinajstić information content (AvgIpc) is 2.70. The number of rotatable bonds is 5. The maximum atomic E-state index is 6.68. The monoisotopic (exact) mass is 480 g/mol. The molecule has 1 aromatic carbocycles. The van der Waals surface area contributed by atoms with Gasteiger partial charge in [0, 0.05) is 4.83 Å². The first-order chi connectivity index (χ1) is 14.2. The number of alkyl halides is 1. The molecule has 5 heteroatoms. The van der Waals surface area contributed by atoms with Crippen molar-refractivity contribution in [3.05, 3.63) is 35.9 Å². The maximum Gasteiger partial charge on any atom is 0.0923 e. The zero-order chi connectivity index (χ0) is 21.4. The Bertz CT molecular complexity index is 710. The van der Waals surface area contributed by atoms with Gasteiger partial charge in [0.2, 0.25) is 0 Å². The molecule has 0 N–H and O–H groups in total. The van der Waals surface area contributed by atoms with Gasteiger partial charge in [-0.2, -0.15) is 0 Å². The fourth-order valence-electron chi connectivity index (χ4n) is 5.43. The zero-order valence-electron chi connectivity index (χ0n) is 18.9. The molecule has 0 spiro atoms. The molecule has 4 nitrogen and oxygen atoms in total. The summed E-state index contributed by atoms with van der Waals surface area (Å²) in [6, 6.07) is 10.3. The van der Waals surface area contributed by atoms with Gasteiger partial charge in [-0.25, -0.2) is 0 Å². The Labute approximate surface area is 190 Å². The molecule has 0 bridgehead atoms. The van der Waals surface area contributed by atoms with E-state index in [-0.39, 0.29) is 35.1 Å². The lowest BCUT2D eigenvalue weighted by molar-refractivity contribution is -0.290. The highest BCUT2D eigenvalue weighted by Crippen LogP contribution is 2.47. The second-order valence-corrected chi connectivity index (χ2v) is 11.4. The van der Waals surface area contributed by atoms with E-state index in [0.29, 0.717) is 18.0 Å². The Morgan fingerprint density at radius 3 is 2.37 bits per heavy atom. The van der Waals surface area contributed by atoms with Gasteiger partial charge in [-0.3, -0.25) is 0 Å². The Morgan fingerprint density at radius 2 is 1.63 bits per heavy atom. The minimum absolute atomic E-state index is 0.129. The van der Waals surface area contributed by atoms with Crippen LogP contribution in [0.15, 0.2) is 30.3 Å². The third-order valence-corrected chi connectivity index (χ3v) is 8.90. The molecule has 30 heavy (non-hydrogen) atoms. The van der Waals surface area contributed by atoms with E-state index in [1.165, 1.54) is 5.56 Å². The van der Waals surface area contributed by atoms with Crippen LogP contribution in [0.4, 0.5) is 0 Å². The molecule has 0 saturated carbocycles. The second kappa shape index (κ2) is 8.82. The van der Waals surface area contributed by atoms with E-state index in [2.05, 4.69) is 55.8 Å². The fourth-order valence-corrected chi connectivity index (χ4v) is 5.75. The van der Waals surface area contributed by atoms with E-state index in [0.717, 1.165) is 38.5 Å². The zero-order valence-corrected chi connectivity index (χ0v) is 20.4. The maximum absolute atomic E-state index is 6.68. The van der Waals surface area contributed by atoms with Crippen molar-refractivity contribution in [1.82, 2.24) is 0 Å². The van der Waals surface area contributed by atoms with E-state index in [9.17, 15) is 0 Å². The summed E-state index contributed by atoms with van der Waals surface area (Å²) >= 11 is 3.79. The summed E-state index contributed by atoms with van der Waals surface area (Å²) in [6.07, 6.45) is 6.53. The lowest BCUT2D eigenvalue weighted by atomic mass is 9.77. The molecule has 0 unspecified atom stereocenters. The van der Waals surface area contributed by atoms with Crippen LogP contribution in [0.25, 0.3) is 0 Å². The van der Waals surface area contributed by atoms with Gasteiger partial charge in [-0.05, 0) is 71.8 Å². The van der Waals surface area contributed by atoms with Crippen LogP contribution in [0.2, 0.25) is 0 Å². The van der Waals surface area contributed by atoms with Crippen molar-refractivity contribution in [2.24, 2.45) is 0 Å². The summed E-state index contributed by atoms with van der Waals surface area (Å²) in [5.74, 6) is 0. The van der Waals surface area contributed by atoms with Crippen molar-refractivity contribution < 1.29 is 18.9 Å². The quantitative estimate of drug-likeness (QED) is 0.498. The summed E-state index contributed by atoms with van der Waals surface area (Å²) in [7, 11) is 0. The SMILES string of the molecule is CC1(C)O[C@](C)([C@@H]2CC[C@]3(C)O[C@@H](COCc4ccccc4)CC[C@@H]3O2)CC[C@H]1Br. The summed E-state index contributed by atoms with van der Waals surface area (Å²) in [5.41, 5.74) is 0.566. The highest BCUT2D eigenvalue weighted by molar-refractivity contribution is 9.09. The van der Waals surface area contributed by atoms with Crippen molar-refractivity contribution >= 4 is 15.9 Å². The molecule has 4 rings (SSSR count). The smallest absolute Gasteiger partial charge is 0.0923 e. The predicted octanol–water partition coefficient (Wildman–Crippen LogP) is 5.80.